The summed E-state index contributed by atoms with van der Waals surface area (Å²) in [5.74, 6) is -0.633. The summed E-state index contributed by atoms with van der Waals surface area (Å²) in [5, 5.41) is 10.5. The number of nitrogens with zero attached hydrogens (tertiary/aromatic N) is 1. The SMILES string of the molecule is OC1(C(F)(F)F)C=C(c2ccccc2)c2cc3c(F)cccc3n21. The second kappa shape index (κ2) is 4.70. The molecule has 0 saturated heterocycles. The minimum absolute atomic E-state index is 0.00740. The Hall–Kier alpha value is -2.60. The topological polar surface area (TPSA) is 25.2 Å². The molecular formula is C18H11F4NO. The fourth-order valence-electron chi connectivity index (χ4n) is 3.16. The summed E-state index contributed by atoms with van der Waals surface area (Å²) in [5.41, 5.74) is -2.37. The van der Waals surface area contributed by atoms with Crippen LogP contribution in [0.1, 0.15) is 11.3 Å². The quantitative estimate of drug-likeness (QED) is 0.655. The Morgan fingerprint density at radius 3 is 2.33 bits per heavy atom. The van der Waals surface area contributed by atoms with Crippen molar-refractivity contribution in [3.05, 3.63) is 77.7 Å². The van der Waals surface area contributed by atoms with Crippen molar-refractivity contribution in [2.24, 2.45) is 0 Å². The summed E-state index contributed by atoms with van der Waals surface area (Å²) >= 11 is 0. The van der Waals surface area contributed by atoms with Gasteiger partial charge in [-0.1, -0.05) is 36.4 Å². The Morgan fingerprint density at radius 1 is 0.958 bits per heavy atom. The van der Waals surface area contributed by atoms with Gasteiger partial charge in [-0.05, 0) is 29.8 Å². The normalized spacial score (nSPS) is 20.3. The summed E-state index contributed by atoms with van der Waals surface area (Å²) in [7, 11) is 0. The molecule has 1 atom stereocenters. The Labute approximate surface area is 134 Å². The van der Waals surface area contributed by atoms with Gasteiger partial charge in [0.05, 0.1) is 11.2 Å². The number of fused-ring (bicyclic) bond motifs is 3. The number of aromatic nitrogens is 1. The van der Waals surface area contributed by atoms with E-state index in [1.165, 1.54) is 24.3 Å². The molecule has 4 rings (SSSR count). The number of rotatable bonds is 1. The van der Waals surface area contributed by atoms with Crippen LogP contribution >= 0.6 is 0 Å². The van der Waals surface area contributed by atoms with Gasteiger partial charge >= 0.3 is 6.18 Å². The molecule has 0 radical (unpaired) electrons. The molecule has 2 nitrogen and oxygen atoms in total. The second-order valence-electron chi connectivity index (χ2n) is 5.69. The first-order chi connectivity index (χ1) is 11.3. The van der Waals surface area contributed by atoms with Gasteiger partial charge in [-0.25, -0.2) is 4.39 Å². The standard InChI is InChI=1S/C18H11F4NO/c19-14-7-4-8-15-12(14)9-16-13(11-5-2-1-3-6-11)10-17(24,23(15)16)18(20,21)22/h1-10,24H. The summed E-state index contributed by atoms with van der Waals surface area (Å²) in [6.45, 7) is 0. The lowest BCUT2D eigenvalue weighted by Crippen LogP contribution is -2.44. The number of benzene rings is 2. The predicted molar refractivity (Wildman–Crippen MR) is 81.7 cm³/mol. The van der Waals surface area contributed by atoms with Gasteiger partial charge in [-0.2, -0.15) is 13.2 Å². The highest BCUT2D eigenvalue weighted by molar-refractivity contribution is 5.92. The van der Waals surface area contributed by atoms with E-state index in [4.69, 9.17) is 0 Å². The molecule has 2 aromatic carbocycles. The van der Waals surface area contributed by atoms with Crippen molar-refractivity contribution in [2.75, 3.05) is 0 Å². The zero-order chi connectivity index (χ0) is 17.1. The number of aliphatic hydroxyl groups is 1. The summed E-state index contributed by atoms with van der Waals surface area (Å²) in [6.07, 6.45) is -4.17. The third-order valence-corrected chi connectivity index (χ3v) is 4.26. The summed E-state index contributed by atoms with van der Waals surface area (Å²) in [4.78, 5) is 0. The van der Waals surface area contributed by atoms with Gasteiger partial charge in [0.15, 0.2) is 0 Å². The molecule has 122 valence electrons. The predicted octanol–water partition coefficient (Wildman–Crippen LogP) is 4.43. The molecule has 2 heterocycles. The van der Waals surface area contributed by atoms with Crippen LogP contribution in [0.15, 0.2) is 60.7 Å². The maximum atomic E-state index is 14.0. The lowest BCUT2D eigenvalue weighted by atomic mass is 10.0. The van der Waals surface area contributed by atoms with Gasteiger partial charge in [0, 0.05) is 11.0 Å². The molecule has 0 spiro atoms. The smallest absolute Gasteiger partial charge is 0.360 e. The summed E-state index contributed by atoms with van der Waals surface area (Å²) in [6, 6.07) is 13.6. The van der Waals surface area contributed by atoms with Crippen molar-refractivity contribution >= 4 is 16.5 Å². The van der Waals surface area contributed by atoms with Gasteiger partial charge in [-0.15, -0.1) is 0 Å². The minimum atomic E-state index is -4.95. The average Bonchev–Trinajstić information content (AvgIpc) is 3.06. The molecule has 0 amide bonds. The average molecular weight is 333 g/mol. The van der Waals surface area contributed by atoms with Crippen molar-refractivity contribution in [1.82, 2.24) is 4.57 Å². The highest BCUT2D eigenvalue weighted by atomic mass is 19.4. The summed E-state index contributed by atoms with van der Waals surface area (Å²) < 4.78 is 55.6. The van der Waals surface area contributed by atoms with E-state index < -0.39 is 17.7 Å². The van der Waals surface area contributed by atoms with Crippen LogP contribution in [-0.4, -0.2) is 15.8 Å². The maximum absolute atomic E-state index is 14.0. The molecule has 6 heteroatoms. The molecule has 0 fully saturated rings. The third kappa shape index (κ3) is 1.86. The molecule has 0 aliphatic carbocycles. The van der Waals surface area contributed by atoms with Gasteiger partial charge in [0.2, 0.25) is 0 Å². The fourth-order valence-corrected chi connectivity index (χ4v) is 3.16. The minimum Gasteiger partial charge on any atom is -0.360 e. The van der Waals surface area contributed by atoms with Crippen molar-refractivity contribution in [2.45, 2.75) is 11.9 Å². The number of hydrogen-bond acceptors (Lipinski definition) is 1. The largest absolute Gasteiger partial charge is 0.441 e. The van der Waals surface area contributed by atoms with Crippen molar-refractivity contribution in [3.63, 3.8) is 0 Å². The molecule has 0 bridgehead atoms. The van der Waals surface area contributed by atoms with Gasteiger partial charge in [-0.3, -0.25) is 0 Å². The van der Waals surface area contributed by atoms with Crippen LogP contribution in [0.3, 0.4) is 0 Å². The molecule has 1 aromatic heterocycles. The highest BCUT2D eigenvalue weighted by Gasteiger charge is 2.58. The molecule has 24 heavy (non-hydrogen) atoms. The van der Waals surface area contributed by atoms with E-state index in [1.54, 1.807) is 30.3 Å². The molecule has 1 aliphatic rings. The van der Waals surface area contributed by atoms with Crippen molar-refractivity contribution < 1.29 is 22.7 Å². The first-order valence-corrected chi connectivity index (χ1v) is 7.21. The molecule has 0 saturated carbocycles. The van der Waals surface area contributed by atoms with E-state index in [0.717, 1.165) is 10.6 Å². The number of halogens is 4. The van der Waals surface area contributed by atoms with Crippen LogP contribution < -0.4 is 0 Å². The van der Waals surface area contributed by atoms with Crippen LogP contribution in [0.25, 0.3) is 16.5 Å². The van der Waals surface area contributed by atoms with E-state index in [9.17, 15) is 22.7 Å². The van der Waals surface area contributed by atoms with E-state index >= 15 is 0 Å². The fraction of sp³-hybridized carbons (Fsp3) is 0.111. The van der Waals surface area contributed by atoms with Crippen molar-refractivity contribution in [1.29, 1.82) is 0 Å². The van der Waals surface area contributed by atoms with Crippen LogP contribution in [0.5, 0.6) is 0 Å². The zero-order valence-corrected chi connectivity index (χ0v) is 12.2. The Balaban J connectivity index is 2.09. The number of hydrogen-bond donors (Lipinski definition) is 1. The maximum Gasteiger partial charge on any atom is 0.441 e. The van der Waals surface area contributed by atoms with E-state index in [0.29, 0.717) is 5.56 Å². The molecule has 3 aromatic rings. The van der Waals surface area contributed by atoms with E-state index in [1.807, 2.05) is 0 Å². The third-order valence-electron chi connectivity index (χ3n) is 4.26. The van der Waals surface area contributed by atoms with E-state index in [-0.39, 0.29) is 22.2 Å². The Morgan fingerprint density at radius 2 is 1.67 bits per heavy atom. The van der Waals surface area contributed by atoms with Crippen LogP contribution in [0, 0.1) is 5.82 Å². The molecule has 1 unspecified atom stereocenters. The van der Waals surface area contributed by atoms with Crippen molar-refractivity contribution in [3.8, 4) is 0 Å². The van der Waals surface area contributed by atoms with Gasteiger partial charge < -0.3 is 9.67 Å². The zero-order valence-electron chi connectivity index (χ0n) is 12.2. The molecular weight excluding hydrogens is 322 g/mol. The van der Waals surface area contributed by atoms with Crippen LogP contribution in [-0.2, 0) is 5.72 Å². The molecule has 1 aliphatic heterocycles. The first kappa shape index (κ1) is 15.0. The van der Waals surface area contributed by atoms with Crippen LogP contribution in [0.4, 0.5) is 17.6 Å². The van der Waals surface area contributed by atoms with Gasteiger partial charge in [0.25, 0.3) is 5.72 Å². The lowest BCUT2D eigenvalue weighted by Gasteiger charge is -2.27. The number of alkyl halides is 3. The Kier molecular flexibility index (Phi) is 2.93. The first-order valence-electron chi connectivity index (χ1n) is 7.21. The van der Waals surface area contributed by atoms with Gasteiger partial charge in [0.1, 0.15) is 5.82 Å². The van der Waals surface area contributed by atoms with Crippen LogP contribution in [0.2, 0.25) is 0 Å². The lowest BCUT2D eigenvalue weighted by molar-refractivity contribution is -0.272. The molecule has 1 N–H and O–H groups in total. The Bertz CT molecular complexity index is 972. The van der Waals surface area contributed by atoms with E-state index in [2.05, 4.69) is 0 Å². The highest BCUT2D eigenvalue weighted by Crippen LogP contribution is 2.48. The second-order valence-corrected chi connectivity index (χ2v) is 5.69. The monoisotopic (exact) mass is 333 g/mol.